The molecule has 0 aromatic carbocycles. The Labute approximate surface area is 170 Å². The predicted octanol–water partition coefficient (Wildman–Crippen LogP) is 5.23. The van der Waals surface area contributed by atoms with E-state index in [2.05, 4.69) is 0 Å². The summed E-state index contributed by atoms with van der Waals surface area (Å²) in [6.07, 6.45) is 2.88. The summed E-state index contributed by atoms with van der Waals surface area (Å²) in [5.74, 6) is -2.19. The molecule has 4 aliphatic carbocycles. The second-order valence-electron chi connectivity index (χ2n) is 8.73. The Kier molecular flexibility index (Phi) is 2.38. The Morgan fingerprint density at radius 2 is 2.00 bits per heavy atom. The molecule has 3 saturated carbocycles. The number of carbonyl (C=O) groups excluding carboxylic acids is 2. The van der Waals surface area contributed by atoms with E-state index in [0.717, 1.165) is 0 Å². The first-order valence-electron chi connectivity index (χ1n) is 14.4. The van der Waals surface area contributed by atoms with Crippen LogP contribution in [0.4, 0.5) is 0 Å². The third kappa shape index (κ3) is 2.38. The minimum Gasteiger partial charge on any atom is -0.459 e. The summed E-state index contributed by atoms with van der Waals surface area (Å²) in [6, 6.07) is 0. The molecule has 0 aliphatic heterocycles. The topological polar surface area (TPSA) is 43.4 Å². The van der Waals surface area contributed by atoms with Gasteiger partial charge in [-0.25, -0.2) is 0 Å². The number of ether oxygens (including phenoxy) is 1. The van der Waals surface area contributed by atoms with Crippen LogP contribution in [-0.4, -0.2) is 17.4 Å². The smallest absolute Gasteiger partial charge is 0.306 e. The van der Waals surface area contributed by atoms with Gasteiger partial charge in [-0.1, -0.05) is 26.2 Å². The molecule has 3 nitrogen and oxygen atoms in total. The Balaban J connectivity index is 1.88. The van der Waals surface area contributed by atoms with E-state index < -0.39 is 54.8 Å². The summed E-state index contributed by atoms with van der Waals surface area (Å²) in [7, 11) is 0. The average molecular weight is 368 g/mol. The van der Waals surface area contributed by atoms with Crippen molar-refractivity contribution in [2.45, 2.75) is 90.9 Å². The highest BCUT2D eigenvalue weighted by Gasteiger charge is 2.64. The molecule has 0 radical (unpaired) electrons. The second kappa shape index (κ2) is 5.94. The van der Waals surface area contributed by atoms with Crippen molar-refractivity contribution >= 4 is 11.8 Å². The number of carbonyl (C=O) groups is 2. The number of esters is 1. The molecule has 144 valence electrons. The monoisotopic (exact) mass is 367 g/mol. The zero-order valence-electron chi connectivity index (χ0n) is 24.4. The van der Waals surface area contributed by atoms with Gasteiger partial charge in [0.15, 0.2) is 5.78 Å². The van der Waals surface area contributed by atoms with Crippen LogP contribution < -0.4 is 0 Å². The van der Waals surface area contributed by atoms with Gasteiger partial charge in [0.25, 0.3) is 0 Å². The van der Waals surface area contributed by atoms with Gasteiger partial charge in [0.2, 0.25) is 0 Å². The van der Waals surface area contributed by atoms with Crippen molar-refractivity contribution in [3.8, 4) is 0 Å². The standard InChI is InChI=1S/C23H34O3/c1-5-20(25)26-23(4)13-10-19-17-7-6-15-14-16(24)8-11-21(15,2)18(17)9-12-22(19,23)3/h14,17-19H,5-13H2,1-4H3/t17-,18+,19+,21+,22+,23+/m1/s1/i2D3,3D3,4D3. The van der Waals surface area contributed by atoms with Crippen LogP contribution in [0.3, 0.4) is 0 Å². The van der Waals surface area contributed by atoms with E-state index in [4.69, 9.17) is 17.1 Å². The summed E-state index contributed by atoms with van der Waals surface area (Å²) >= 11 is 0. The van der Waals surface area contributed by atoms with Gasteiger partial charge in [0.1, 0.15) is 5.60 Å². The van der Waals surface area contributed by atoms with Crippen LogP contribution in [0.25, 0.3) is 0 Å². The third-order valence-corrected chi connectivity index (χ3v) is 7.68. The molecule has 0 unspecified atom stereocenters. The van der Waals surface area contributed by atoms with Crippen LogP contribution in [-0.2, 0) is 14.3 Å². The minimum atomic E-state index is -2.85. The van der Waals surface area contributed by atoms with E-state index >= 15 is 0 Å². The van der Waals surface area contributed by atoms with Crippen LogP contribution in [0.1, 0.15) is 97.6 Å². The molecule has 0 spiro atoms. The van der Waals surface area contributed by atoms with Crippen LogP contribution in [0.5, 0.6) is 0 Å². The molecule has 26 heavy (non-hydrogen) atoms. The Hall–Kier alpha value is -1.12. The van der Waals surface area contributed by atoms with Gasteiger partial charge in [-0.15, -0.1) is 0 Å². The van der Waals surface area contributed by atoms with Gasteiger partial charge in [-0.05, 0) is 81.0 Å². The first kappa shape index (κ1) is 10.4. The van der Waals surface area contributed by atoms with E-state index in [9.17, 15) is 9.59 Å². The number of hydrogen-bond donors (Lipinski definition) is 0. The molecule has 0 bridgehead atoms. The quantitative estimate of drug-likeness (QED) is 0.628. The van der Waals surface area contributed by atoms with Gasteiger partial charge >= 0.3 is 5.97 Å². The number of hydrogen-bond acceptors (Lipinski definition) is 3. The molecule has 4 aliphatic rings. The summed E-state index contributed by atoms with van der Waals surface area (Å²) in [5.41, 5.74) is -4.52. The normalized spacial score (nSPS) is 54.0. The maximum atomic E-state index is 12.5. The highest BCUT2D eigenvalue weighted by molar-refractivity contribution is 5.91. The summed E-state index contributed by atoms with van der Waals surface area (Å²) < 4.78 is 82.1. The van der Waals surface area contributed by atoms with Gasteiger partial charge in [-0.2, -0.15) is 0 Å². The van der Waals surface area contributed by atoms with Crippen molar-refractivity contribution in [2.75, 3.05) is 0 Å². The summed E-state index contributed by atoms with van der Waals surface area (Å²) in [6.45, 7) is -6.42. The zero-order chi connectivity index (χ0) is 26.2. The molecule has 0 heterocycles. The Bertz CT molecular complexity index is 934. The first-order chi connectivity index (χ1) is 16.0. The maximum Gasteiger partial charge on any atom is 0.306 e. The van der Waals surface area contributed by atoms with Crippen molar-refractivity contribution < 1.29 is 26.7 Å². The maximum absolute atomic E-state index is 12.5. The first-order valence-corrected chi connectivity index (χ1v) is 9.94. The van der Waals surface area contributed by atoms with Crippen LogP contribution in [0.15, 0.2) is 11.6 Å². The molecule has 0 amide bonds. The minimum absolute atomic E-state index is 0.0657. The lowest BCUT2D eigenvalue weighted by Gasteiger charge is -2.59. The van der Waals surface area contributed by atoms with Crippen LogP contribution >= 0.6 is 0 Å². The van der Waals surface area contributed by atoms with Crippen molar-refractivity contribution in [3.63, 3.8) is 0 Å². The van der Waals surface area contributed by atoms with Crippen molar-refractivity contribution in [1.82, 2.24) is 0 Å². The fourth-order valence-electron chi connectivity index (χ4n) is 6.31. The van der Waals surface area contributed by atoms with Crippen molar-refractivity contribution in [2.24, 2.45) is 28.6 Å². The Morgan fingerprint density at radius 1 is 1.15 bits per heavy atom. The molecular formula is C23H34O3. The van der Waals surface area contributed by atoms with E-state index in [1.54, 1.807) is 6.92 Å². The van der Waals surface area contributed by atoms with Gasteiger partial charge < -0.3 is 4.74 Å². The molecule has 3 fully saturated rings. The number of ketones is 1. The number of rotatable bonds is 2. The van der Waals surface area contributed by atoms with E-state index in [1.165, 1.54) is 6.08 Å². The average Bonchev–Trinajstić information content (AvgIpc) is 3.09. The highest BCUT2D eigenvalue weighted by atomic mass is 16.6. The highest BCUT2D eigenvalue weighted by Crippen LogP contribution is 2.68. The molecule has 0 saturated heterocycles. The molecule has 0 aromatic heterocycles. The zero-order valence-corrected chi connectivity index (χ0v) is 15.4. The summed E-state index contributed by atoms with van der Waals surface area (Å²) in [4.78, 5) is 24.7. The lowest BCUT2D eigenvalue weighted by Crippen LogP contribution is -2.55. The fourth-order valence-corrected chi connectivity index (χ4v) is 6.31. The van der Waals surface area contributed by atoms with Crippen molar-refractivity contribution in [1.29, 1.82) is 0 Å². The third-order valence-electron chi connectivity index (χ3n) is 7.68. The molecule has 0 N–H and O–H groups in total. The number of allylic oxidation sites excluding steroid dienone is 1. The van der Waals surface area contributed by atoms with Crippen LogP contribution in [0, 0.1) is 28.6 Å². The largest absolute Gasteiger partial charge is 0.459 e. The van der Waals surface area contributed by atoms with E-state index in [1.807, 2.05) is 0 Å². The summed E-state index contributed by atoms with van der Waals surface area (Å²) in [5, 5.41) is 0. The molecule has 6 atom stereocenters. The van der Waals surface area contributed by atoms with Gasteiger partial charge in [-0.3, -0.25) is 9.59 Å². The molecule has 3 heteroatoms. The predicted molar refractivity (Wildman–Crippen MR) is 101 cm³/mol. The lowest BCUT2D eigenvalue weighted by atomic mass is 9.46. The second-order valence-corrected chi connectivity index (χ2v) is 8.73. The van der Waals surface area contributed by atoms with Gasteiger partial charge in [0, 0.05) is 30.6 Å². The molecule has 4 rings (SSSR count). The van der Waals surface area contributed by atoms with E-state index in [-0.39, 0.29) is 56.6 Å². The number of fused-ring (bicyclic) bond motifs is 5. The SMILES string of the molecule is [2H]C([2H])([2H])[C@]12CC[C@H]3[C@@H](CCC4=CC(=O)CC[C@@]43C([2H])([2H])[2H])[C@@H]1CC[C@@]2(OC(=O)CC)C([2H])([2H])[2H]. The fraction of sp³-hybridized carbons (Fsp3) is 0.826. The van der Waals surface area contributed by atoms with Gasteiger partial charge in [0.05, 0.1) is 0 Å². The lowest BCUT2D eigenvalue weighted by molar-refractivity contribution is -0.179. The molecule has 0 aromatic rings. The van der Waals surface area contributed by atoms with Crippen molar-refractivity contribution in [3.05, 3.63) is 11.6 Å². The Morgan fingerprint density at radius 3 is 2.73 bits per heavy atom. The van der Waals surface area contributed by atoms with Crippen LogP contribution in [0.2, 0.25) is 0 Å². The van der Waals surface area contributed by atoms with E-state index in [0.29, 0.717) is 18.4 Å². The molecular weight excluding hydrogens is 324 g/mol.